The van der Waals surface area contributed by atoms with Crippen molar-refractivity contribution in [3.63, 3.8) is 0 Å². The molecule has 0 N–H and O–H groups in total. The molecule has 0 aliphatic heterocycles. The number of hydrogen-bond donors (Lipinski definition) is 0. The second-order valence-electron chi connectivity index (χ2n) is 7.31. The van der Waals surface area contributed by atoms with E-state index in [1.807, 2.05) is 0 Å². The normalized spacial score (nSPS) is 40.6. The SMILES string of the molecule is CCCCCCC#CC12CC3CC(CC(C3)C1)C2. The molecule has 4 aliphatic rings. The van der Waals surface area contributed by atoms with Gasteiger partial charge in [-0.2, -0.15) is 0 Å². The van der Waals surface area contributed by atoms with Gasteiger partial charge >= 0.3 is 0 Å². The Kier molecular flexibility index (Phi) is 3.69. The summed E-state index contributed by atoms with van der Waals surface area (Å²) in [6.07, 6.45) is 15.5. The van der Waals surface area contributed by atoms with Crippen molar-refractivity contribution in [2.75, 3.05) is 0 Å². The molecule has 0 aromatic heterocycles. The zero-order valence-electron chi connectivity index (χ0n) is 12.0. The first-order valence-electron chi connectivity index (χ1n) is 8.30. The molecule has 0 nitrogen and oxygen atoms in total. The van der Waals surface area contributed by atoms with Crippen molar-refractivity contribution in [2.45, 2.75) is 77.6 Å². The fourth-order valence-electron chi connectivity index (χ4n) is 5.15. The highest BCUT2D eigenvalue weighted by molar-refractivity contribution is 5.18. The first-order valence-corrected chi connectivity index (χ1v) is 8.30. The molecule has 4 bridgehead atoms. The fraction of sp³-hybridized carbons (Fsp3) is 0.889. The van der Waals surface area contributed by atoms with Crippen LogP contribution in [0.2, 0.25) is 0 Å². The Bertz CT molecular complexity index is 306. The van der Waals surface area contributed by atoms with E-state index in [9.17, 15) is 0 Å². The summed E-state index contributed by atoms with van der Waals surface area (Å²) in [5, 5.41) is 0. The minimum atomic E-state index is 0.486. The van der Waals surface area contributed by atoms with Crippen LogP contribution in [-0.4, -0.2) is 0 Å². The third-order valence-electron chi connectivity index (χ3n) is 5.55. The molecule has 0 heteroatoms. The average molecular weight is 244 g/mol. The molecule has 4 aliphatic carbocycles. The maximum absolute atomic E-state index is 3.75. The predicted molar refractivity (Wildman–Crippen MR) is 77.1 cm³/mol. The Morgan fingerprint density at radius 2 is 1.50 bits per heavy atom. The maximum Gasteiger partial charge on any atom is 0.0322 e. The number of unbranched alkanes of at least 4 members (excludes halogenated alkanes) is 4. The molecule has 18 heavy (non-hydrogen) atoms. The topological polar surface area (TPSA) is 0 Å². The van der Waals surface area contributed by atoms with Crippen LogP contribution in [0.25, 0.3) is 0 Å². The van der Waals surface area contributed by atoms with E-state index in [4.69, 9.17) is 0 Å². The van der Waals surface area contributed by atoms with Crippen LogP contribution >= 0.6 is 0 Å². The van der Waals surface area contributed by atoms with E-state index < -0.39 is 0 Å². The van der Waals surface area contributed by atoms with Gasteiger partial charge < -0.3 is 0 Å². The van der Waals surface area contributed by atoms with Gasteiger partial charge in [0.2, 0.25) is 0 Å². The van der Waals surface area contributed by atoms with Gasteiger partial charge in [0.05, 0.1) is 0 Å². The molecule has 0 atom stereocenters. The van der Waals surface area contributed by atoms with E-state index >= 15 is 0 Å². The fourth-order valence-corrected chi connectivity index (χ4v) is 5.15. The molecule has 0 amide bonds. The number of rotatable bonds is 4. The zero-order valence-corrected chi connectivity index (χ0v) is 12.0. The zero-order chi connectivity index (χ0) is 12.4. The van der Waals surface area contributed by atoms with Crippen molar-refractivity contribution in [3.05, 3.63) is 0 Å². The average Bonchev–Trinajstić information content (AvgIpc) is 2.32. The Morgan fingerprint density at radius 3 is 2.06 bits per heavy atom. The molecule has 100 valence electrons. The first-order chi connectivity index (χ1) is 8.80. The van der Waals surface area contributed by atoms with Gasteiger partial charge in [-0.15, -0.1) is 5.92 Å². The van der Waals surface area contributed by atoms with Gasteiger partial charge in [-0.1, -0.05) is 32.1 Å². The van der Waals surface area contributed by atoms with Crippen LogP contribution < -0.4 is 0 Å². The maximum atomic E-state index is 3.75. The van der Waals surface area contributed by atoms with Gasteiger partial charge in [0.1, 0.15) is 0 Å². The molecule has 4 saturated carbocycles. The summed E-state index contributed by atoms with van der Waals surface area (Å²) in [5.74, 6) is 10.4. The molecule has 0 aromatic rings. The van der Waals surface area contributed by atoms with Crippen LogP contribution in [0.5, 0.6) is 0 Å². The second kappa shape index (κ2) is 5.28. The van der Waals surface area contributed by atoms with Crippen LogP contribution in [0.4, 0.5) is 0 Å². The van der Waals surface area contributed by atoms with Gasteiger partial charge in [0.25, 0.3) is 0 Å². The summed E-state index contributed by atoms with van der Waals surface area (Å²) in [4.78, 5) is 0. The molecular formula is C18H28. The van der Waals surface area contributed by atoms with E-state index in [0.29, 0.717) is 5.41 Å². The van der Waals surface area contributed by atoms with Crippen molar-refractivity contribution in [1.29, 1.82) is 0 Å². The minimum absolute atomic E-state index is 0.486. The van der Waals surface area contributed by atoms with Crippen molar-refractivity contribution >= 4 is 0 Å². The quantitative estimate of drug-likeness (QED) is 0.472. The molecule has 0 saturated heterocycles. The summed E-state index contributed by atoms with van der Waals surface area (Å²) in [5.41, 5.74) is 0.486. The summed E-state index contributed by atoms with van der Waals surface area (Å²) in [6.45, 7) is 2.28. The summed E-state index contributed by atoms with van der Waals surface area (Å²) >= 11 is 0. The van der Waals surface area contributed by atoms with E-state index in [1.165, 1.54) is 64.2 Å². The largest absolute Gasteiger partial charge is 0.103 e. The molecule has 4 fully saturated rings. The summed E-state index contributed by atoms with van der Waals surface area (Å²) in [7, 11) is 0. The van der Waals surface area contributed by atoms with Crippen LogP contribution in [0.1, 0.15) is 77.6 Å². The lowest BCUT2D eigenvalue weighted by molar-refractivity contribution is -0.0181. The van der Waals surface area contributed by atoms with E-state index in [-0.39, 0.29) is 0 Å². The second-order valence-corrected chi connectivity index (χ2v) is 7.31. The molecule has 0 spiro atoms. The Hall–Kier alpha value is -0.440. The van der Waals surface area contributed by atoms with Gasteiger partial charge in [-0.25, -0.2) is 0 Å². The lowest BCUT2D eigenvalue weighted by Crippen LogP contribution is -2.45. The first kappa shape index (κ1) is 12.6. The van der Waals surface area contributed by atoms with Gasteiger partial charge in [-0.3, -0.25) is 0 Å². The molecular weight excluding hydrogens is 216 g/mol. The smallest absolute Gasteiger partial charge is 0.0322 e. The minimum Gasteiger partial charge on any atom is -0.103 e. The highest BCUT2D eigenvalue weighted by Gasteiger charge is 2.50. The molecule has 0 aromatic carbocycles. The summed E-state index contributed by atoms with van der Waals surface area (Å²) < 4.78 is 0. The van der Waals surface area contributed by atoms with Crippen LogP contribution in [-0.2, 0) is 0 Å². The van der Waals surface area contributed by atoms with Crippen molar-refractivity contribution in [2.24, 2.45) is 23.2 Å². The standard InChI is InChI=1S/C18H28/c1-2-3-4-5-6-7-8-18-12-15-9-16(13-18)11-17(10-15)14-18/h15-17H,2-6,9-14H2,1H3. The lowest BCUT2D eigenvalue weighted by atomic mass is 9.50. The summed E-state index contributed by atoms with van der Waals surface area (Å²) in [6, 6.07) is 0. The highest BCUT2D eigenvalue weighted by atomic mass is 14.5. The third kappa shape index (κ3) is 2.61. The molecule has 0 heterocycles. The van der Waals surface area contributed by atoms with Gasteiger partial charge in [0, 0.05) is 11.8 Å². The van der Waals surface area contributed by atoms with Gasteiger partial charge in [0.15, 0.2) is 0 Å². The molecule has 0 unspecified atom stereocenters. The third-order valence-corrected chi connectivity index (χ3v) is 5.55. The van der Waals surface area contributed by atoms with E-state index in [2.05, 4.69) is 18.8 Å². The van der Waals surface area contributed by atoms with E-state index in [0.717, 1.165) is 24.2 Å². The van der Waals surface area contributed by atoms with Crippen LogP contribution in [0.15, 0.2) is 0 Å². The van der Waals surface area contributed by atoms with Crippen molar-refractivity contribution in [1.82, 2.24) is 0 Å². The Morgan fingerprint density at radius 1 is 0.889 bits per heavy atom. The molecule has 4 rings (SSSR count). The number of hydrogen-bond acceptors (Lipinski definition) is 0. The Labute approximate surface area is 113 Å². The Balaban J connectivity index is 1.54. The highest BCUT2D eigenvalue weighted by Crippen LogP contribution is 2.59. The van der Waals surface area contributed by atoms with Gasteiger partial charge in [-0.05, 0) is 62.7 Å². The van der Waals surface area contributed by atoms with Crippen LogP contribution in [0.3, 0.4) is 0 Å². The monoisotopic (exact) mass is 244 g/mol. The van der Waals surface area contributed by atoms with Crippen LogP contribution in [0, 0.1) is 35.0 Å². The predicted octanol–water partition coefficient (Wildman–Crippen LogP) is 5.18. The van der Waals surface area contributed by atoms with Crippen molar-refractivity contribution in [3.8, 4) is 11.8 Å². The lowest BCUT2D eigenvalue weighted by Gasteiger charge is -2.54. The molecule has 0 radical (unpaired) electrons. The van der Waals surface area contributed by atoms with Crippen molar-refractivity contribution < 1.29 is 0 Å². The van der Waals surface area contributed by atoms with E-state index in [1.54, 1.807) is 0 Å².